The average Bonchev–Trinajstić information content (AvgIpc) is 3.36. The van der Waals surface area contributed by atoms with Crippen molar-refractivity contribution >= 4 is 44.8 Å². The van der Waals surface area contributed by atoms with Crippen molar-refractivity contribution in [1.29, 1.82) is 0 Å². The molecule has 1 aromatic heterocycles. The van der Waals surface area contributed by atoms with Crippen molar-refractivity contribution in [2.24, 2.45) is 0 Å². The van der Waals surface area contributed by atoms with E-state index in [9.17, 15) is 14.4 Å². The minimum Gasteiger partial charge on any atom is -0.330 e. The fourth-order valence-corrected chi connectivity index (χ4v) is 5.01. The van der Waals surface area contributed by atoms with Gasteiger partial charge in [-0.05, 0) is 61.2 Å². The minimum absolute atomic E-state index is 0.0460. The Bertz CT molecular complexity index is 1300. The highest BCUT2D eigenvalue weighted by atomic mass is 32.1. The molecule has 174 valence electrons. The molecule has 2 aromatic carbocycles. The van der Waals surface area contributed by atoms with Gasteiger partial charge in [0.15, 0.2) is 0 Å². The summed E-state index contributed by atoms with van der Waals surface area (Å²) in [6.45, 7) is 6.18. The zero-order chi connectivity index (χ0) is 24.2. The van der Waals surface area contributed by atoms with Crippen LogP contribution >= 0.6 is 11.3 Å². The van der Waals surface area contributed by atoms with Crippen LogP contribution in [0.4, 0.5) is 0 Å². The highest BCUT2D eigenvalue weighted by Crippen LogP contribution is 2.29. The van der Waals surface area contributed by atoms with E-state index in [2.05, 4.69) is 31.3 Å². The number of allylic oxidation sites excluding steroid dienone is 4. The van der Waals surface area contributed by atoms with Gasteiger partial charge in [0, 0.05) is 18.7 Å². The fraction of sp³-hybridized carbons (Fsp3) is 0.259. The maximum Gasteiger partial charge on any atom is 0.261 e. The van der Waals surface area contributed by atoms with Crippen molar-refractivity contribution in [3.05, 3.63) is 82.0 Å². The molecular formula is C27H27N3O3S. The van der Waals surface area contributed by atoms with E-state index in [1.807, 2.05) is 25.1 Å². The predicted octanol–water partition coefficient (Wildman–Crippen LogP) is 5.49. The third-order valence-corrected chi connectivity index (χ3v) is 6.90. The Labute approximate surface area is 203 Å². The van der Waals surface area contributed by atoms with E-state index in [0.29, 0.717) is 17.5 Å². The van der Waals surface area contributed by atoms with Gasteiger partial charge in [-0.15, -0.1) is 11.3 Å². The van der Waals surface area contributed by atoms with Crippen molar-refractivity contribution in [2.75, 3.05) is 6.54 Å². The van der Waals surface area contributed by atoms with E-state index >= 15 is 0 Å². The second kappa shape index (κ2) is 10.1. The molecule has 0 fully saturated rings. The number of amides is 3. The van der Waals surface area contributed by atoms with Crippen LogP contribution in [-0.4, -0.2) is 34.2 Å². The van der Waals surface area contributed by atoms with E-state index in [1.54, 1.807) is 35.6 Å². The summed E-state index contributed by atoms with van der Waals surface area (Å²) in [5.74, 6) is -0.922. The molecule has 1 aliphatic rings. The number of aromatic nitrogens is 1. The number of aryl methyl sites for hydroxylation is 1. The van der Waals surface area contributed by atoms with Crippen LogP contribution in [0.3, 0.4) is 0 Å². The van der Waals surface area contributed by atoms with Crippen LogP contribution in [0.1, 0.15) is 64.4 Å². The van der Waals surface area contributed by atoms with E-state index in [4.69, 9.17) is 4.98 Å². The molecule has 0 bridgehead atoms. The lowest BCUT2D eigenvalue weighted by atomic mass is 10.1. The van der Waals surface area contributed by atoms with Crippen molar-refractivity contribution in [1.82, 2.24) is 15.2 Å². The smallest absolute Gasteiger partial charge is 0.261 e. The van der Waals surface area contributed by atoms with Gasteiger partial charge in [0.25, 0.3) is 11.8 Å². The molecule has 34 heavy (non-hydrogen) atoms. The van der Waals surface area contributed by atoms with Crippen LogP contribution < -0.4 is 5.32 Å². The first-order valence-electron chi connectivity index (χ1n) is 11.4. The summed E-state index contributed by atoms with van der Waals surface area (Å²) >= 11 is 1.67. The number of carbonyl (C=O) groups excluding carboxylic acids is 3. The lowest BCUT2D eigenvalue weighted by Crippen LogP contribution is -2.34. The average molecular weight is 474 g/mol. The number of nitrogens with one attached hydrogen (secondary N) is 1. The summed E-state index contributed by atoms with van der Waals surface area (Å²) in [7, 11) is 0. The number of carbonyl (C=O) groups is 3. The highest BCUT2D eigenvalue weighted by Gasteiger charge is 2.34. The molecule has 0 unspecified atom stereocenters. The van der Waals surface area contributed by atoms with Gasteiger partial charge in [-0.3, -0.25) is 19.3 Å². The van der Waals surface area contributed by atoms with Crippen LogP contribution in [0.25, 0.3) is 15.8 Å². The molecule has 2 heterocycles. The third-order valence-electron chi connectivity index (χ3n) is 5.81. The summed E-state index contributed by atoms with van der Waals surface area (Å²) in [6.07, 6.45) is 5.43. The number of imide groups is 1. The van der Waals surface area contributed by atoms with Crippen LogP contribution in [-0.2, 0) is 4.79 Å². The minimum atomic E-state index is -0.346. The first-order valence-corrected chi connectivity index (χ1v) is 12.2. The lowest BCUT2D eigenvalue weighted by molar-refractivity contribution is -0.120. The Kier molecular flexibility index (Phi) is 7.03. The summed E-state index contributed by atoms with van der Waals surface area (Å²) in [6, 6.07) is 13.0. The molecule has 3 amide bonds. The van der Waals surface area contributed by atoms with Crippen LogP contribution in [0.15, 0.2) is 60.3 Å². The second-order valence-corrected chi connectivity index (χ2v) is 9.22. The summed E-state index contributed by atoms with van der Waals surface area (Å²) in [5, 5.41) is 3.90. The maximum atomic E-state index is 12.6. The molecule has 0 saturated carbocycles. The van der Waals surface area contributed by atoms with Gasteiger partial charge < -0.3 is 5.32 Å². The molecular weight excluding hydrogens is 446 g/mol. The number of rotatable bonds is 8. The van der Waals surface area contributed by atoms with E-state index in [1.165, 1.54) is 5.56 Å². The van der Waals surface area contributed by atoms with Gasteiger partial charge in [-0.25, -0.2) is 4.98 Å². The maximum absolute atomic E-state index is 12.6. The van der Waals surface area contributed by atoms with E-state index in [-0.39, 0.29) is 30.7 Å². The molecule has 1 N–H and O–H groups in total. The summed E-state index contributed by atoms with van der Waals surface area (Å²) in [4.78, 5) is 43.4. The largest absolute Gasteiger partial charge is 0.330 e. The monoisotopic (exact) mass is 473 g/mol. The lowest BCUT2D eigenvalue weighted by Gasteiger charge is -2.14. The van der Waals surface area contributed by atoms with Crippen LogP contribution in [0.5, 0.6) is 0 Å². The molecule has 4 rings (SSSR count). The molecule has 0 spiro atoms. The highest BCUT2D eigenvalue weighted by molar-refractivity contribution is 7.19. The Morgan fingerprint density at radius 2 is 1.74 bits per heavy atom. The molecule has 0 radical (unpaired) electrons. The fourth-order valence-electron chi connectivity index (χ4n) is 3.86. The third kappa shape index (κ3) is 4.84. The van der Waals surface area contributed by atoms with Crippen molar-refractivity contribution in [2.45, 2.75) is 40.0 Å². The summed E-state index contributed by atoms with van der Waals surface area (Å²) in [5.41, 5.74) is 4.86. The van der Waals surface area contributed by atoms with Gasteiger partial charge >= 0.3 is 0 Å². The predicted molar refractivity (Wildman–Crippen MR) is 136 cm³/mol. The van der Waals surface area contributed by atoms with Gasteiger partial charge in [0.2, 0.25) is 5.91 Å². The zero-order valence-electron chi connectivity index (χ0n) is 19.6. The topological polar surface area (TPSA) is 79.4 Å². The molecule has 3 aromatic rings. The van der Waals surface area contributed by atoms with Gasteiger partial charge in [-0.1, -0.05) is 38.1 Å². The molecule has 0 aliphatic carbocycles. The molecule has 7 heteroatoms. The van der Waals surface area contributed by atoms with Crippen LogP contribution in [0, 0.1) is 6.92 Å². The molecule has 0 saturated heterocycles. The van der Waals surface area contributed by atoms with Gasteiger partial charge in [-0.2, -0.15) is 0 Å². The van der Waals surface area contributed by atoms with Gasteiger partial charge in [0.1, 0.15) is 5.01 Å². The number of hydrogen-bond acceptors (Lipinski definition) is 5. The Morgan fingerprint density at radius 3 is 2.38 bits per heavy atom. The molecule has 0 atom stereocenters. The first kappa shape index (κ1) is 23.6. The number of benzene rings is 2. The van der Waals surface area contributed by atoms with Gasteiger partial charge in [0.05, 0.1) is 21.3 Å². The van der Waals surface area contributed by atoms with Crippen molar-refractivity contribution in [3.8, 4) is 0 Å². The van der Waals surface area contributed by atoms with E-state index < -0.39 is 0 Å². The Balaban J connectivity index is 1.41. The van der Waals surface area contributed by atoms with Crippen LogP contribution in [0.2, 0.25) is 0 Å². The SMILES string of the molecule is CC/C(=C\C=C(/CC)c1nc2ccc(C)cc2s1)NC(=O)CCN1C(=O)c2ccccc2C1=O. The van der Waals surface area contributed by atoms with Crippen molar-refractivity contribution < 1.29 is 14.4 Å². The second-order valence-electron chi connectivity index (χ2n) is 8.19. The number of thiazole rings is 1. The number of hydrogen-bond donors (Lipinski definition) is 1. The summed E-state index contributed by atoms with van der Waals surface area (Å²) < 4.78 is 1.16. The molecule has 6 nitrogen and oxygen atoms in total. The molecule has 1 aliphatic heterocycles. The Morgan fingerprint density at radius 1 is 1.03 bits per heavy atom. The zero-order valence-corrected chi connectivity index (χ0v) is 20.4. The van der Waals surface area contributed by atoms with Crippen molar-refractivity contribution in [3.63, 3.8) is 0 Å². The number of fused-ring (bicyclic) bond motifs is 2. The first-order chi connectivity index (χ1) is 16.4. The van der Waals surface area contributed by atoms with E-state index in [0.717, 1.165) is 37.8 Å². The standard InChI is InChI=1S/C27H27N3O3S/c1-4-18(25-29-22-13-10-17(3)16-23(22)34-25)11-12-19(5-2)28-24(31)14-15-30-26(32)20-8-6-7-9-21(20)27(30)33/h6-13,16H,4-5,14-15H2,1-3H3,(H,28,31)/b18-11+,19-12+. The number of nitrogens with zero attached hydrogens (tertiary/aromatic N) is 2. The normalized spacial score (nSPS) is 14.1. The Hall–Kier alpha value is -3.58. The quantitative estimate of drug-likeness (QED) is 0.346.